The van der Waals surface area contributed by atoms with Gasteiger partial charge in [-0.3, -0.25) is 0 Å². The molecule has 0 bridgehead atoms. The van der Waals surface area contributed by atoms with Gasteiger partial charge in [-0.15, -0.1) is 0 Å². The molecule has 0 aliphatic heterocycles. The van der Waals surface area contributed by atoms with E-state index in [9.17, 15) is 4.79 Å². The normalized spacial score (nSPS) is 12.1. The van der Waals surface area contributed by atoms with Gasteiger partial charge in [0.2, 0.25) is 0 Å². The Kier molecular flexibility index (Phi) is 9.83. The summed E-state index contributed by atoms with van der Waals surface area (Å²) in [5.74, 6) is -0.798. The van der Waals surface area contributed by atoms with Crippen molar-refractivity contribution < 1.29 is 9.90 Å². The maximum Gasteiger partial charge on any atom is 0.330 e. The monoisotopic (exact) mass is 241 g/mol. The summed E-state index contributed by atoms with van der Waals surface area (Å²) < 4.78 is 0. The Morgan fingerprint density at radius 3 is 2.12 bits per heavy atom. The lowest BCUT2D eigenvalue weighted by Gasteiger charge is -2.08. The molecular formula is C14H27NO2. The van der Waals surface area contributed by atoms with Gasteiger partial charge in [-0.1, -0.05) is 31.8 Å². The van der Waals surface area contributed by atoms with Crippen molar-refractivity contribution in [3.8, 4) is 0 Å². The third kappa shape index (κ3) is 11.4. The van der Waals surface area contributed by atoms with Gasteiger partial charge in [-0.25, -0.2) is 4.79 Å². The van der Waals surface area contributed by atoms with Gasteiger partial charge in [0.05, 0.1) is 0 Å². The molecule has 0 atom stereocenters. The van der Waals surface area contributed by atoms with Crippen LogP contribution in [-0.2, 0) is 4.79 Å². The van der Waals surface area contributed by atoms with Gasteiger partial charge in [0.1, 0.15) is 0 Å². The number of carboxylic acids is 1. The maximum atomic E-state index is 10.5. The van der Waals surface area contributed by atoms with Crippen molar-refractivity contribution >= 4 is 5.97 Å². The molecule has 17 heavy (non-hydrogen) atoms. The molecule has 0 heterocycles. The summed E-state index contributed by atoms with van der Waals surface area (Å²) in [6, 6.07) is 0. The summed E-state index contributed by atoms with van der Waals surface area (Å²) in [5, 5.41) is 8.65. The number of rotatable bonds is 10. The van der Waals surface area contributed by atoms with Gasteiger partial charge in [-0.05, 0) is 46.8 Å². The second-order valence-electron chi connectivity index (χ2n) is 4.91. The summed E-state index contributed by atoms with van der Waals surface area (Å²) in [7, 11) is 4.22. The molecule has 0 unspecified atom stereocenters. The number of unbranched alkanes of at least 4 members (excludes halogenated alkanes) is 6. The molecule has 3 nitrogen and oxygen atoms in total. The zero-order valence-corrected chi connectivity index (χ0v) is 11.5. The number of nitrogens with zero attached hydrogens (tertiary/aromatic N) is 1. The van der Waals surface area contributed by atoms with Crippen LogP contribution in [0.3, 0.4) is 0 Å². The van der Waals surface area contributed by atoms with Gasteiger partial charge in [0.25, 0.3) is 0 Å². The molecule has 100 valence electrons. The molecule has 0 aliphatic rings. The number of hydrogen-bond acceptors (Lipinski definition) is 2. The van der Waals surface area contributed by atoms with Crippen LogP contribution in [0.1, 0.15) is 51.9 Å². The lowest BCUT2D eigenvalue weighted by molar-refractivity contribution is -0.132. The first-order valence-electron chi connectivity index (χ1n) is 6.59. The number of allylic oxidation sites excluding steroid dienone is 1. The minimum absolute atomic E-state index is 0.469. The van der Waals surface area contributed by atoms with Gasteiger partial charge in [-0.2, -0.15) is 0 Å². The average molecular weight is 241 g/mol. The molecule has 3 heteroatoms. The zero-order valence-electron chi connectivity index (χ0n) is 11.5. The zero-order chi connectivity index (χ0) is 13.1. The van der Waals surface area contributed by atoms with Crippen LogP contribution < -0.4 is 0 Å². The van der Waals surface area contributed by atoms with Crippen LogP contribution in [0.25, 0.3) is 0 Å². The molecule has 0 amide bonds. The number of carboxylic acid groups (broad SMARTS) is 1. The largest absolute Gasteiger partial charge is 0.478 e. The Morgan fingerprint density at radius 1 is 1.06 bits per heavy atom. The van der Waals surface area contributed by atoms with E-state index in [1.165, 1.54) is 38.6 Å². The van der Waals surface area contributed by atoms with Crippen LogP contribution in [-0.4, -0.2) is 36.6 Å². The molecule has 1 N–H and O–H groups in total. The highest BCUT2D eigenvalue weighted by Gasteiger charge is 1.97. The fourth-order valence-electron chi connectivity index (χ4n) is 1.69. The molecule has 0 saturated heterocycles. The first-order chi connectivity index (χ1) is 8.04. The van der Waals surface area contributed by atoms with Crippen LogP contribution in [0.5, 0.6) is 0 Å². The summed E-state index contributed by atoms with van der Waals surface area (Å²) in [4.78, 5) is 12.7. The van der Waals surface area contributed by atoms with E-state index in [1.54, 1.807) is 6.92 Å². The Bertz CT molecular complexity index is 234. The van der Waals surface area contributed by atoms with Crippen LogP contribution in [0.15, 0.2) is 11.6 Å². The van der Waals surface area contributed by atoms with E-state index in [0.29, 0.717) is 5.57 Å². The third-order valence-electron chi connectivity index (χ3n) is 2.85. The highest BCUT2D eigenvalue weighted by molar-refractivity contribution is 5.85. The number of hydrogen-bond donors (Lipinski definition) is 1. The fraction of sp³-hybridized carbons (Fsp3) is 0.786. The molecule has 0 aliphatic carbocycles. The van der Waals surface area contributed by atoms with E-state index in [1.807, 2.05) is 6.08 Å². The molecule has 0 fully saturated rings. The van der Waals surface area contributed by atoms with E-state index >= 15 is 0 Å². The second-order valence-corrected chi connectivity index (χ2v) is 4.91. The summed E-state index contributed by atoms with van der Waals surface area (Å²) in [5.41, 5.74) is 0.469. The Labute approximate surface area is 106 Å². The van der Waals surface area contributed by atoms with E-state index in [4.69, 9.17) is 5.11 Å². The lowest BCUT2D eigenvalue weighted by atomic mass is 10.1. The second kappa shape index (κ2) is 10.3. The van der Waals surface area contributed by atoms with Crippen molar-refractivity contribution in [3.05, 3.63) is 11.6 Å². The van der Waals surface area contributed by atoms with Gasteiger partial charge >= 0.3 is 5.97 Å². The topological polar surface area (TPSA) is 40.5 Å². The molecule has 0 rings (SSSR count). The SMILES string of the molecule is CC(=CCCCCCCCCN(C)C)C(=O)O. The summed E-state index contributed by atoms with van der Waals surface area (Å²) >= 11 is 0. The van der Waals surface area contributed by atoms with Gasteiger partial charge < -0.3 is 10.0 Å². The van der Waals surface area contributed by atoms with Crippen LogP contribution >= 0.6 is 0 Å². The molecule has 0 spiro atoms. The van der Waals surface area contributed by atoms with E-state index in [-0.39, 0.29) is 0 Å². The van der Waals surface area contributed by atoms with Gasteiger partial charge in [0.15, 0.2) is 0 Å². The highest BCUT2D eigenvalue weighted by atomic mass is 16.4. The van der Waals surface area contributed by atoms with Crippen molar-refractivity contribution in [2.75, 3.05) is 20.6 Å². The minimum atomic E-state index is -0.798. The summed E-state index contributed by atoms with van der Waals surface area (Å²) in [6.07, 6.45) is 10.2. The molecule has 0 aromatic carbocycles. The van der Waals surface area contributed by atoms with Crippen LogP contribution in [0.2, 0.25) is 0 Å². The lowest BCUT2D eigenvalue weighted by Crippen LogP contribution is -2.12. The van der Waals surface area contributed by atoms with Crippen molar-refractivity contribution in [2.45, 2.75) is 51.9 Å². The molecule has 0 aromatic heterocycles. The van der Waals surface area contributed by atoms with E-state index < -0.39 is 5.97 Å². The first-order valence-corrected chi connectivity index (χ1v) is 6.59. The molecule has 0 saturated carbocycles. The predicted octanol–water partition coefficient (Wildman–Crippen LogP) is 3.31. The molecular weight excluding hydrogens is 214 g/mol. The van der Waals surface area contributed by atoms with E-state index in [2.05, 4.69) is 19.0 Å². The Morgan fingerprint density at radius 2 is 1.59 bits per heavy atom. The standard InChI is InChI=1S/C14H27NO2/c1-13(14(16)17)11-9-7-5-4-6-8-10-12-15(2)3/h11H,4-10,12H2,1-3H3,(H,16,17). The third-order valence-corrected chi connectivity index (χ3v) is 2.85. The maximum absolute atomic E-state index is 10.5. The number of carbonyl (C=O) groups is 1. The van der Waals surface area contributed by atoms with E-state index in [0.717, 1.165) is 12.8 Å². The Hall–Kier alpha value is -0.830. The van der Waals surface area contributed by atoms with Crippen molar-refractivity contribution in [3.63, 3.8) is 0 Å². The quantitative estimate of drug-likeness (QED) is 0.471. The van der Waals surface area contributed by atoms with Crippen molar-refractivity contribution in [1.29, 1.82) is 0 Å². The number of aliphatic carboxylic acids is 1. The van der Waals surface area contributed by atoms with Crippen molar-refractivity contribution in [1.82, 2.24) is 4.90 Å². The first kappa shape index (κ1) is 16.2. The van der Waals surface area contributed by atoms with Crippen LogP contribution in [0, 0.1) is 0 Å². The van der Waals surface area contributed by atoms with Crippen molar-refractivity contribution in [2.24, 2.45) is 0 Å². The highest BCUT2D eigenvalue weighted by Crippen LogP contribution is 2.08. The summed E-state index contributed by atoms with van der Waals surface area (Å²) in [6.45, 7) is 2.84. The van der Waals surface area contributed by atoms with Gasteiger partial charge in [0, 0.05) is 5.57 Å². The van der Waals surface area contributed by atoms with Crippen LogP contribution in [0.4, 0.5) is 0 Å². The smallest absolute Gasteiger partial charge is 0.330 e. The molecule has 0 aromatic rings. The minimum Gasteiger partial charge on any atom is -0.478 e. The molecule has 0 radical (unpaired) electrons. The Balaban J connectivity index is 3.24. The average Bonchev–Trinajstić information content (AvgIpc) is 2.25. The fourth-order valence-corrected chi connectivity index (χ4v) is 1.69. The predicted molar refractivity (Wildman–Crippen MR) is 72.3 cm³/mol.